The summed E-state index contributed by atoms with van der Waals surface area (Å²) in [5.74, 6) is 0.524. The second kappa shape index (κ2) is 4.18. The quantitative estimate of drug-likeness (QED) is 0.831. The number of rotatable bonds is 2. The van der Waals surface area contributed by atoms with Gasteiger partial charge in [0.05, 0.1) is 5.69 Å². The molecular formula is C17H22N2O. The van der Waals surface area contributed by atoms with E-state index in [0.29, 0.717) is 0 Å². The Balaban J connectivity index is 1.87. The van der Waals surface area contributed by atoms with E-state index >= 15 is 0 Å². The lowest BCUT2D eigenvalue weighted by atomic mass is 9.70. The molecule has 0 spiro atoms. The lowest BCUT2D eigenvalue weighted by Gasteiger charge is -2.31. The van der Waals surface area contributed by atoms with E-state index in [0.717, 1.165) is 24.2 Å². The Morgan fingerprint density at radius 3 is 2.40 bits per heavy atom. The monoisotopic (exact) mass is 270 g/mol. The van der Waals surface area contributed by atoms with E-state index in [2.05, 4.69) is 38.2 Å². The van der Waals surface area contributed by atoms with Gasteiger partial charge in [-0.05, 0) is 37.3 Å². The van der Waals surface area contributed by atoms with E-state index in [-0.39, 0.29) is 22.5 Å². The van der Waals surface area contributed by atoms with Crippen LogP contribution in [0, 0.1) is 23.7 Å². The average molecular weight is 270 g/mol. The highest BCUT2D eigenvalue weighted by Crippen LogP contribution is 2.62. The van der Waals surface area contributed by atoms with Crippen molar-refractivity contribution in [1.29, 1.82) is 0 Å². The van der Waals surface area contributed by atoms with Crippen LogP contribution in [0.1, 0.15) is 39.2 Å². The van der Waals surface area contributed by atoms with Gasteiger partial charge < -0.3 is 0 Å². The number of anilines is 1. The zero-order chi connectivity index (χ0) is 14.5. The van der Waals surface area contributed by atoms with Crippen LogP contribution in [-0.4, -0.2) is 11.5 Å². The number of hydrazone groups is 1. The maximum Gasteiger partial charge on any atom is 0.185 e. The van der Waals surface area contributed by atoms with Crippen LogP contribution < -0.4 is 5.43 Å². The molecule has 1 aromatic carbocycles. The van der Waals surface area contributed by atoms with Gasteiger partial charge in [-0.1, -0.05) is 38.5 Å². The second-order valence-corrected chi connectivity index (χ2v) is 6.95. The topological polar surface area (TPSA) is 41.5 Å². The van der Waals surface area contributed by atoms with Crippen LogP contribution in [-0.2, 0) is 4.79 Å². The molecule has 0 heterocycles. The number of carbonyl (C=O) groups excluding carboxylic acids is 1. The molecule has 0 unspecified atom stereocenters. The molecule has 2 atom stereocenters. The molecule has 0 aromatic heterocycles. The third kappa shape index (κ3) is 1.65. The predicted molar refractivity (Wildman–Crippen MR) is 81.9 cm³/mol. The highest BCUT2D eigenvalue weighted by molar-refractivity contribution is 6.45. The van der Waals surface area contributed by atoms with E-state index in [1.165, 1.54) is 5.56 Å². The number of carbonyl (C=O) groups is 1. The van der Waals surface area contributed by atoms with Gasteiger partial charge in [0.25, 0.3) is 0 Å². The summed E-state index contributed by atoms with van der Waals surface area (Å²) in [6.07, 6.45) is 2.07. The van der Waals surface area contributed by atoms with Crippen molar-refractivity contribution in [2.24, 2.45) is 21.8 Å². The van der Waals surface area contributed by atoms with Crippen LogP contribution >= 0.6 is 0 Å². The fourth-order valence-corrected chi connectivity index (χ4v) is 3.71. The Kier molecular flexibility index (Phi) is 2.79. The van der Waals surface area contributed by atoms with Crippen molar-refractivity contribution < 1.29 is 4.79 Å². The molecular weight excluding hydrogens is 248 g/mol. The van der Waals surface area contributed by atoms with Gasteiger partial charge in [0.1, 0.15) is 5.71 Å². The Labute approximate surface area is 120 Å². The fraction of sp³-hybridized carbons (Fsp3) is 0.529. The largest absolute Gasteiger partial charge is 0.292 e. The molecule has 1 aromatic rings. The van der Waals surface area contributed by atoms with Crippen molar-refractivity contribution in [3.05, 3.63) is 29.8 Å². The van der Waals surface area contributed by atoms with E-state index in [4.69, 9.17) is 0 Å². The van der Waals surface area contributed by atoms with E-state index in [1.807, 2.05) is 24.3 Å². The Morgan fingerprint density at radius 1 is 1.20 bits per heavy atom. The number of nitrogens with one attached hydrogen (secondary N) is 1. The first-order valence-electron chi connectivity index (χ1n) is 7.31. The van der Waals surface area contributed by atoms with Gasteiger partial charge in [0, 0.05) is 11.3 Å². The van der Waals surface area contributed by atoms with E-state index in [1.54, 1.807) is 0 Å². The van der Waals surface area contributed by atoms with Gasteiger partial charge in [-0.15, -0.1) is 0 Å². The van der Waals surface area contributed by atoms with Crippen LogP contribution in [0.2, 0.25) is 0 Å². The predicted octanol–water partition coefficient (Wildman–Crippen LogP) is 3.79. The molecule has 3 heteroatoms. The number of hydrogen-bond acceptors (Lipinski definition) is 3. The molecule has 2 fully saturated rings. The highest BCUT2D eigenvalue weighted by atomic mass is 16.1. The lowest BCUT2D eigenvalue weighted by molar-refractivity contribution is -0.123. The summed E-state index contributed by atoms with van der Waals surface area (Å²) < 4.78 is 0. The SMILES string of the molecule is Cc1ccc(N/N=C2\C(=O)[C@@]3(C)CC[C@H]2C3(C)C)cc1. The van der Waals surface area contributed by atoms with Crippen LogP contribution in [0.25, 0.3) is 0 Å². The van der Waals surface area contributed by atoms with Gasteiger partial charge >= 0.3 is 0 Å². The number of benzene rings is 1. The molecule has 2 aliphatic rings. The maximum atomic E-state index is 12.6. The van der Waals surface area contributed by atoms with Gasteiger partial charge in [-0.3, -0.25) is 10.2 Å². The summed E-state index contributed by atoms with van der Waals surface area (Å²) in [7, 11) is 0. The number of nitrogens with zero attached hydrogens (tertiary/aromatic N) is 1. The van der Waals surface area contributed by atoms with Crippen molar-refractivity contribution in [3.63, 3.8) is 0 Å². The zero-order valence-corrected chi connectivity index (χ0v) is 12.7. The molecule has 3 rings (SSSR count). The summed E-state index contributed by atoms with van der Waals surface area (Å²) in [4.78, 5) is 12.6. The van der Waals surface area contributed by atoms with Crippen LogP contribution in [0.3, 0.4) is 0 Å². The molecule has 1 N–H and O–H groups in total. The number of fused-ring (bicyclic) bond motifs is 2. The highest BCUT2D eigenvalue weighted by Gasteiger charge is 2.65. The molecule has 2 aliphatic carbocycles. The number of aryl methyl sites for hydroxylation is 1. The Morgan fingerprint density at radius 2 is 1.85 bits per heavy atom. The third-order valence-corrected chi connectivity index (χ3v) is 5.65. The Hall–Kier alpha value is -1.64. The molecule has 0 amide bonds. The summed E-state index contributed by atoms with van der Waals surface area (Å²) in [6, 6.07) is 8.06. The smallest absolute Gasteiger partial charge is 0.185 e. The van der Waals surface area contributed by atoms with Gasteiger partial charge in [-0.25, -0.2) is 0 Å². The van der Waals surface area contributed by atoms with Gasteiger partial charge in [0.2, 0.25) is 0 Å². The summed E-state index contributed by atoms with van der Waals surface area (Å²) in [6.45, 7) is 8.57. The molecule has 2 bridgehead atoms. The molecule has 0 aliphatic heterocycles. The summed E-state index contributed by atoms with van der Waals surface area (Å²) >= 11 is 0. The fourth-order valence-electron chi connectivity index (χ4n) is 3.71. The summed E-state index contributed by atoms with van der Waals surface area (Å²) in [5, 5.41) is 4.44. The zero-order valence-electron chi connectivity index (χ0n) is 12.7. The number of hydrogen-bond donors (Lipinski definition) is 1. The molecule has 0 radical (unpaired) electrons. The number of Topliss-reactive ketones (excluding diaryl/α,β-unsaturated/α-hetero) is 1. The average Bonchev–Trinajstić information content (AvgIpc) is 2.71. The first kappa shape index (κ1) is 13.3. The first-order chi connectivity index (χ1) is 9.36. The van der Waals surface area contributed by atoms with Crippen LogP contribution in [0.4, 0.5) is 5.69 Å². The third-order valence-electron chi connectivity index (χ3n) is 5.65. The van der Waals surface area contributed by atoms with Crippen molar-refractivity contribution in [3.8, 4) is 0 Å². The summed E-state index contributed by atoms with van der Waals surface area (Å²) in [5.41, 5.74) is 5.73. The molecule has 2 saturated carbocycles. The van der Waals surface area contributed by atoms with E-state index in [9.17, 15) is 4.79 Å². The molecule has 106 valence electrons. The van der Waals surface area contributed by atoms with E-state index < -0.39 is 0 Å². The minimum absolute atomic E-state index is 0.0257. The first-order valence-corrected chi connectivity index (χ1v) is 7.31. The van der Waals surface area contributed by atoms with Crippen LogP contribution in [0.15, 0.2) is 29.4 Å². The number of ketones is 1. The van der Waals surface area contributed by atoms with Gasteiger partial charge in [-0.2, -0.15) is 5.10 Å². The standard InChI is InChI=1S/C17H22N2O/c1-11-5-7-12(8-6-11)18-19-14-13-9-10-17(4,15(14)20)16(13,2)3/h5-8,13,18H,9-10H2,1-4H3/b19-14-/t13-,17-/m1/s1. The van der Waals surface area contributed by atoms with Crippen LogP contribution in [0.5, 0.6) is 0 Å². The molecule has 0 saturated heterocycles. The minimum atomic E-state index is -0.231. The minimum Gasteiger partial charge on any atom is -0.292 e. The maximum absolute atomic E-state index is 12.6. The lowest BCUT2D eigenvalue weighted by Crippen LogP contribution is -2.33. The van der Waals surface area contributed by atoms with Crippen molar-refractivity contribution in [2.75, 3.05) is 5.43 Å². The molecule has 3 nitrogen and oxygen atoms in total. The van der Waals surface area contributed by atoms with Gasteiger partial charge in [0.15, 0.2) is 5.78 Å². The molecule has 20 heavy (non-hydrogen) atoms. The Bertz CT molecular complexity index is 586. The van der Waals surface area contributed by atoms with Crippen molar-refractivity contribution in [2.45, 2.75) is 40.5 Å². The normalized spacial score (nSPS) is 32.9. The second-order valence-electron chi connectivity index (χ2n) is 6.95. The van der Waals surface area contributed by atoms with Crippen molar-refractivity contribution in [1.82, 2.24) is 0 Å². The van der Waals surface area contributed by atoms with Crippen molar-refractivity contribution >= 4 is 17.2 Å².